The molecule has 25 heteroatoms. The molecule has 0 atom stereocenters. The van der Waals surface area contributed by atoms with Crippen LogP contribution in [0.25, 0.3) is 0 Å². The first kappa shape index (κ1) is 32.1. The van der Waals surface area contributed by atoms with Crippen LogP contribution in [0, 0.1) is 0 Å². The van der Waals surface area contributed by atoms with Gasteiger partial charge in [-0.2, -0.15) is 52.7 Å². The molecule has 0 rings (SSSR count). The van der Waals surface area contributed by atoms with Gasteiger partial charge in [0.15, 0.2) is 0 Å². The van der Waals surface area contributed by atoms with E-state index < -0.39 is 87.8 Å². The molecule has 0 aromatic rings. The molecular formula is C9H2F12O9S4. The highest BCUT2D eigenvalue weighted by atomic mass is 32.2. The lowest BCUT2D eigenvalue weighted by Gasteiger charge is -2.15. The minimum absolute atomic E-state index is 2.25. The van der Waals surface area contributed by atoms with E-state index >= 15 is 0 Å². The van der Waals surface area contributed by atoms with Gasteiger partial charge in [0.1, 0.15) is 9.81 Å². The van der Waals surface area contributed by atoms with Crippen LogP contribution in [0.15, 0.2) is 20.6 Å². The van der Waals surface area contributed by atoms with Gasteiger partial charge in [-0.05, 0) is 0 Å². The largest absolute Gasteiger partial charge is 0.502 e. The normalized spacial score (nSPS) is 16.5. The van der Waals surface area contributed by atoms with Gasteiger partial charge in [0.2, 0.25) is 5.78 Å². The van der Waals surface area contributed by atoms with Crippen LogP contribution in [0.4, 0.5) is 52.7 Å². The second-order valence-electron chi connectivity index (χ2n) is 5.17. The van der Waals surface area contributed by atoms with Gasteiger partial charge in [-0.1, -0.05) is 0 Å². The van der Waals surface area contributed by atoms with E-state index in [0.717, 1.165) is 0 Å². The van der Waals surface area contributed by atoms with Crippen molar-refractivity contribution >= 4 is 45.1 Å². The van der Waals surface area contributed by atoms with Gasteiger partial charge >= 0.3 is 22.0 Å². The average Bonchev–Trinajstić information content (AvgIpc) is 2.52. The van der Waals surface area contributed by atoms with E-state index in [-0.39, 0.29) is 0 Å². The van der Waals surface area contributed by atoms with Crippen molar-refractivity contribution in [2.24, 2.45) is 0 Å². The summed E-state index contributed by atoms with van der Waals surface area (Å²) in [4.78, 5) is 3.84. The van der Waals surface area contributed by atoms with Crippen molar-refractivity contribution in [3.05, 3.63) is 20.6 Å². The zero-order chi connectivity index (χ0) is 28.1. The Balaban J connectivity index is 7.97. The number of Topliss-reactive ketones (excluding diaryl/α,β-unsaturated/α-hetero) is 1. The predicted molar refractivity (Wildman–Crippen MR) is 81.1 cm³/mol. The fourth-order valence-corrected chi connectivity index (χ4v) is 5.35. The lowest BCUT2D eigenvalue weighted by molar-refractivity contribution is -0.111. The summed E-state index contributed by atoms with van der Waals surface area (Å²) < 4.78 is 240. The number of ketones is 1. The third kappa shape index (κ3) is 6.21. The minimum Gasteiger partial charge on any atom is -0.287 e. The molecule has 0 aromatic carbocycles. The molecular weight excluding hydrogens is 608 g/mol. The number of hydrogen-bond donors (Lipinski definition) is 0. The molecule has 0 heterocycles. The Labute approximate surface area is 179 Å². The first-order chi connectivity index (χ1) is 14.3. The lowest BCUT2D eigenvalue weighted by Crippen LogP contribution is -2.35. The van der Waals surface area contributed by atoms with Gasteiger partial charge < -0.3 is 0 Å². The van der Waals surface area contributed by atoms with Crippen molar-refractivity contribution in [1.29, 1.82) is 0 Å². The predicted octanol–water partition coefficient (Wildman–Crippen LogP) is 1.98. The SMILES string of the molecule is O=C(C(=CS(=O)(=O)C(F)(F)F)S(=O)(=O)C(F)(F)F)C(=CS(=O)(=O)C(F)(F)F)S(=O)(=O)C(F)(F)F. The number of halogens is 12. The summed E-state index contributed by atoms with van der Waals surface area (Å²) in [5, 5.41) is -4.50. The molecule has 0 saturated heterocycles. The van der Waals surface area contributed by atoms with E-state index in [0.29, 0.717) is 0 Å². The third-order valence-electron chi connectivity index (χ3n) is 2.81. The molecule has 0 aromatic heterocycles. The molecule has 0 N–H and O–H groups in total. The van der Waals surface area contributed by atoms with Crippen LogP contribution in [0.1, 0.15) is 0 Å². The van der Waals surface area contributed by atoms with Crippen LogP contribution in [0.2, 0.25) is 0 Å². The molecule has 200 valence electrons. The standard InChI is InChI=1S/C9H2F12O9S4/c10-6(11,12)31(23,24)1-3(33(27,28)8(16,17)18)5(22)4(34(29,30)9(19,20)21)2-32(25,26)7(13,14)15/h1-2H. The van der Waals surface area contributed by atoms with Crippen molar-refractivity contribution in [2.45, 2.75) is 22.0 Å². The maximum absolute atomic E-state index is 12.7. The van der Waals surface area contributed by atoms with Crippen LogP contribution < -0.4 is 0 Å². The molecule has 0 unspecified atom stereocenters. The van der Waals surface area contributed by atoms with Crippen LogP contribution in [-0.4, -0.2) is 61.5 Å². The summed E-state index contributed by atoms with van der Waals surface area (Å²) in [6.45, 7) is 0. The van der Waals surface area contributed by atoms with Crippen LogP contribution >= 0.6 is 0 Å². The second-order valence-corrected chi connectivity index (χ2v) is 12.6. The maximum atomic E-state index is 12.7. The number of rotatable bonds is 6. The first-order valence-electron chi connectivity index (χ1n) is 6.58. The van der Waals surface area contributed by atoms with Gasteiger partial charge in [0, 0.05) is 0 Å². The number of sulfone groups is 4. The molecule has 0 aliphatic carbocycles. The van der Waals surface area contributed by atoms with E-state index in [4.69, 9.17) is 0 Å². The van der Waals surface area contributed by atoms with Crippen molar-refractivity contribution in [2.75, 3.05) is 0 Å². The number of carbonyl (C=O) groups excluding carboxylic acids is 1. The van der Waals surface area contributed by atoms with Crippen LogP contribution in [-0.2, 0) is 44.1 Å². The summed E-state index contributed by atoms with van der Waals surface area (Å²) in [6.07, 6.45) is 0. The molecule has 34 heavy (non-hydrogen) atoms. The van der Waals surface area contributed by atoms with Crippen molar-refractivity contribution in [3.63, 3.8) is 0 Å². The van der Waals surface area contributed by atoms with Crippen molar-refractivity contribution in [3.8, 4) is 0 Å². The molecule has 0 aliphatic heterocycles. The fourth-order valence-electron chi connectivity index (χ4n) is 1.26. The van der Waals surface area contributed by atoms with Crippen LogP contribution in [0.5, 0.6) is 0 Å². The summed E-state index contributed by atoms with van der Waals surface area (Å²) in [7, 11) is -30.6. The van der Waals surface area contributed by atoms with E-state index in [1.165, 1.54) is 0 Å². The highest BCUT2D eigenvalue weighted by Gasteiger charge is 2.58. The Morgan fingerprint density at radius 1 is 0.441 bits per heavy atom. The zero-order valence-corrected chi connectivity index (χ0v) is 17.8. The highest BCUT2D eigenvalue weighted by molar-refractivity contribution is 8.02. The smallest absolute Gasteiger partial charge is 0.287 e. The van der Waals surface area contributed by atoms with Gasteiger partial charge in [-0.3, -0.25) is 4.79 Å². The Bertz CT molecular complexity index is 1230. The van der Waals surface area contributed by atoms with E-state index in [9.17, 15) is 91.2 Å². The molecule has 0 fully saturated rings. The zero-order valence-electron chi connectivity index (χ0n) is 14.5. The highest BCUT2D eigenvalue weighted by Crippen LogP contribution is 2.39. The Morgan fingerprint density at radius 3 is 0.794 bits per heavy atom. The molecule has 0 spiro atoms. The maximum Gasteiger partial charge on any atom is 0.502 e. The molecule has 0 aliphatic rings. The van der Waals surface area contributed by atoms with Gasteiger partial charge in [-0.15, -0.1) is 0 Å². The van der Waals surface area contributed by atoms with Crippen molar-refractivity contribution < 1.29 is 91.2 Å². The Kier molecular flexibility index (Phi) is 8.17. The lowest BCUT2D eigenvalue weighted by atomic mass is 10.4. The summed E-state index contributed by atoms with van der Waals surface area (Å²) in [5.74, 6) is -4.16. The first-order valence-corrected chi connectivity index (χ1v) is 12.6. The van der Waals surface area contributed by atoms with E-state index in [1.807, 2.05) is 0 Å². The van der Waals surface area contributed by atoms with E-state index in [1.54, 1.807) is 0 Å². The Hall–Kier alpha value is -1.89. The molecule has 0 saturated carbocycles. The minimum atomic E-state index is -7.89. The molecule has 0 radical (unpaired) electrons. The summed E-state index contributed by atoms with van der Waals surface area (Å²) in [5.41, 5.74) is -27.8. The third-order valence-corrected chi connectivity index (χ3v) is 8.47. The summed E-state index contributed by atoms with van der Waals surface area (Å²) in [6, 6.07) is 0. The number of allylic oxidation sites excluding steroid dienone is 2. The fraction of sp³-hybridized carbons (Fsp3) is 0.444. The quantitative estimate of drug-likeness (QED) is 0.325. The van der Waals surface area contributed by atoms with Gasteiger partial charge in [0.05, 0.1) is 10.8 Å². The average molecular weight is 610 g/mol. The second kappa shape index (κ2) is 8.65. The summed E-state index contributed by atoms with van der Waals surface area (Å²) >= 11 is 0. The van der Waals surface area contributed by atoms with Gasteiger partial charge in [-0.25, -0.2) is 33.7 Å². The van der Waals surface area contributed by atoms with E-state index in [2.05, 4.69) is 0 Å². The molecule has 0 bridgehead atoms. The Morgan fingerprint density at radius 2 is 0.647 bits per heavy atom. The molecule has 0 amide bonds. The molecule has 9 nitrogen and oxygen atoms in total. The topological polar surface area (TPSA) is 154 Å². The monoisotopic (exact) mass is 610 g/mol. The number of alkyl halides is 12. The van der Waals surface area contributed by atoms with Crippen LogP contribution in [0.3, 0.4) is 0 Å². The number of hydrogen-bond acceptors (Lipinski definition) is 9. The van der Waals surface area contributed by atoms with Gasteiger partial charge in [0.25, 0.3) is 39.3 Å². The number of carbonyl (C=O) groups is 1. The van der Waals surface area contributed by atoms with Crippen molar-refractivity contribution in [1.82, 2.24) is 0 Å².